The molecule has 8 nitrogen and oxygen atoms in total. The Bertz CT molecular complexity index is 1350. The monoisotopic (exact) mass is 512 g/mol. The summed E-state index contributed by atoms with van der Waals surface area (Å²) in [5.74, 6) is 1.35. The van der Waals surface area contributed by atoms with Crippen LogP contribution in [-0.2, 0) is 21.2 Å². The summed E-state index contributed by atoms with van der Waals surface area (Å²) in [6.07, 6.45) is 5.21. The standard InChI is InChI=1S/C25H28N4O4S2/c1-16-13-19-5-2-3-8-21(19)29(16)25(30)18-9-11-28(12-10-18)35(31,32)22-14-20(15-34-22)23-26-24(33-27-23)17-6-4-7-17/h2-3,5,8,14-18H,4,6-7,9-13H2,1H3. The van der Waals surface area contributed by atoms with Crippen molar-refractivity contribution in [2.45, 2.75) is 61.6 Å². The van der Waals surface area contributed by atoms with Crippen molar-refractivity contribution in [2.24, 2.45) is 5.92 Å². The van der Waals surface area contributed by atoms with Crippen LogP contribution in [0.3, 0.4) is 0 Å². The van der Waals surface area contributed by atoms with Gasteiger partial charge in [-0.1, -0.05) is 29.8 Å². The Kier molecular flexibility index (Phi) is 5.77. The molecule has 0 radical (unpaired) electrons. The van der Waals surface area contributed by atoms with Crippen LogP contribution in [0.25, 0.3) is 11.4 Å². The molecule has 35 heavy (non-hydrogen) atoms. The average Bonchev–Trinajstić information content (AvgIpc) is 3.56. The van der Waals surface area contributed by atoms with Gasteiger partial charge in [0.2, 0.25) is 17.6 Å². The summed E-state index contributed by atoms with van der Waals surface area (Å²) in [5.41, 5.74) is 2.85. The van der Waals surface area contributed by atoms with Crippen LogP contribution >= 0.6 is 11.3 Å². The van der Waals surface area contributed by atoms with E-state index in [0.717, 1.165) is 24.9 Å². The van der Waals surface area contributed by atoms with Gasteiger partial charge < -0.3 is 9.42 Å². The number of carbonyl (C=O) groups is 1. The van der Waals surface area contributed by atoms with Crippen LogP contribution in [0.2, 0.25) is 0 Å². The second kappa shape index (κ2) is 8.83. The highest BCUT2D eigenvalue weighted by molar-refractivity contribution is 7.91. The van der Waals surface area contributed by atoms with E-state index in [4.69, 9.17) is 4.52 Å². The number of benzene rings is 1. The molecular weight excluding hydrogens is 484 g/mol. The lowest BCUT2D eigenvalue weighted by Crippen LogP contribution is -2.46. The lowest BCUT2D eigenvalue weighted by atomic mass is 9.85. The third-order valence-electron chi connectivity index (χ3n) is 7.57. The number of anilines is 1. The molecular formula is C25H28N4O4S2. The molecule has 2 aromatic heterocycles. The smallest absolute Gasteiger partial charge is 0.252 e. The van der Waals surface area contributed by atoms with Gasteiger partial charge in [-0.25, -0.2) is 8.42 Å². The number of hydrogen-bond donors (Lipinski definition) is 0. The summed E-state index contributed by atoms with van der Waals surface area (Å²) >= 11 is 1.18. The molecule has 1 aromatic carbocycles. The molecule has 1 saturated heterocycles. The van der Waals surface area contributed by atoms with E-state index in [1.807, 2.05) is 23.1 Å². The summed E-state index contributed by atoms with van der Waals surface area (Å²) in [5, 5.41) is 5.83. The van der Waals surface area contributed by atoms with Crippen molar-refractivity contribution < 1.29 is 17.7 Å². The highest BCUT2D eigenvalue weighted by Crippen LogP contribution is 2.38. The quantitative estimate of drug-likeness (QED) is 0.501. The minimum atomic E-state index is -3.64. The summed E-state index contributed by atoms with van der Waals surface area (Å²) < 4.78 is 33.8. The number of para-hydroxylation sites is 1. The molecule has 1 aliphatic carbocycles. The van der Waals surface area contributed by atoms with Gasteiger partial charge in [-0.15, -0.1) is 11.3 Å². The van der Waals surface area contributed by atoms with E-state index in [2.05, 4.69) is 23.1 Å². The van der Waals surface area contributed by atoms with E-state index in [1.165, 1.54) is 27.6 Å². The average molecular weight is 513 g/mol. The van der Waals surface area contributed by atoms with E-state index >= 15 is 0 Å². The van der Waals surface area contributed by atoms with Crippen molar-refractivity contribution >= 4 is 33.0 Å². The predicted octanol–water partition coefficient (Wildman–Crippen LogP) is 4.44. The van der Waals surface area contributed by atoms with Gasteiger partial charge in [-0.05, 0) is 56.7 Å². The van der Waals surface area contributed by atoms with Gasteiger partial charge in [0.1, 0.15) is 4.21 Å². The number of thiophene rings is 1. The maximum absolute atomic E-state index is 13.4. The number of aromatic nitrogens is 2. The molecule has 4 heterocycles. The molecule has 2 aliphatic heterocycles. The van der Waals surface area contributed by atoms with Crippen molar-refractivity contribution in [3.05, 3.63) is 47.2 Å². The van der Waals surface area contributed by atoms with Crippen LogP contribution in [0.1, 0.15) is 56.4 Å². The maximum atomic E-state index is 13.4. The fourth-order valence-corrected chi connectivity index (χ4v) is 8.09. The molecule has 3 aliphatic rings. The third kappa shape index (κ3) is 4.01. The molecule has 0 bridgehead atoms. The van der Waals surface area contributed by atoms with E-state index in [0.29, 0.717) is 49.1 Å². The highest BCUT2D eigenvalue weighted by atomic mass is 32.2. The highest BCUT2D eigenvalue weighted by Gasteiger charge is 2.38. The first-order chi connectivity index (χ1) is 16.9. The largest absolute Gasteiger partial charge is 0.339 e. The molecule has 1 unspecified atom stereocenters. The maximum Gasteiger partial charge on any atom is 0.252 e. The molecule has 6 rings (SSSR count). The number of rotatable bonds is 5. The normalized spacial score (nSPS) is 21.7. The first kappa shape index (κ1) is 22.9. The second-order valence-electron chi connectivity index (χ2n) is 9.81. The zero-order valence-corrected chi connectivity index (χ0v) is 21.2. The first-order valence-corrected chi connectivity index (χ1v) is 14.6. The lowest BCUT2D eigenvalue weighted by Gasteiger charge is -2.33. The lowest BCUT2D eigenvalue weighted by molar-refractivity contribution is -0.123. The molecule has 3 aromatic rings. The second-order valence-corrected chi connectivity index (χ2v) is 12.9. The van der Waals surface area contributed by atoms with Gasteiger partial charge in [-0.3, -0.25) is 4.79 Å². The summed E-state index contributed by atoms with van der Waals surface area (Å²) in [6, 6.07) is 9.81. The molecule has 1 saturated carbocycles. The summed E-state index contributed by atoms with van der Waals surface area (Å²) in [7, 11) is -3.64. The molecule has 1 amide bonds. The molecule has 1 atom stereocenters. The third-order valence-corrected chi connectivity index (χ3v) is 10.9. The Morgan fingerprint density at radius 3 is 2.66 bits per heavy atom. The minimum Gasteiger partial charge on any atom is -0.339 e. The van der Waals surface area contributed by atoms with Crippen LogP contribution < -0.4 is 4.90 Å². The summed E-state index contributed by atoms with van der Waals surface area (Å²) in [6.45, 7) is 2.75. The minimum absolute atomic E-state index is 0.109. The Morgan fingerprint density at radius 1 is 1.14 bits per heavy atom. The van der Waals surface area contributed by atoms with Crippen molar-refractivity contribution in [2.75, 3.05) is 18.0 Å². The van der Waals surface area contributed by atoms with Crippen molar-refractivity contribution in [1.29, 1.82) is 0 Å². The Balaban J connectivity index is 1.12. The SMILES string of the molecule is CC1Cc2ccccc2N1C(=O)C1CCN(S(=O)(=O)c2cc(-c3noc(C4CCC4)n3)cs2)CC1. The summed E-state index contributed by atoms with van der Waals surface area (Å²) in [4.78, 5) is 19.8. The fraction of sp³-hybridized carbons (Fsp3) is 0.480. The van der Waals surface area contributed by atoms with Crippen molar-refractivity contribution in [1.82, 2.24) is 14.4 Å². The van der Waals surface area contributed by atoms with Crippen molar-refractivity contribution in [3.8, 4) is 11.4 Å². The fourth-order valence-electron chi connectivity index (χ4n) is 5.31. The number of carbonyl (C=O) groups excluding carboxylic acids is 1. The predicted molar refractivity (Wildman–Crippen MR) is 133 cm³/mol. The topological polar surface area (TPSA) is 96.6 Å². The molecule has 10 heteroatoms. The van der Waals surface area contributed by atoms with Crippen LogP contribution in [-0.4, -0.2) is 47.9 Å². The zero-order valence-electron chi connectivity index (χ0n) is 19.6. The molecule has 0 N–H and O–H groups in total. The zero-order chi connectivity index (χ0) is 24.2. The number of nitrogens with zero attached hydrogens (tertiary/aromatic N) is 4. The number of sulfonamides is 1. The molecule has 2 fully saturated rings. The van der Waals surface area contributed by atoms with Gasteiger partial charge in [-0.2, -0.15) is 9.29 Å². The molecule has 0 spiro atoms. The van der Waals surface area contributed by atoms with Crippen LogP contribution in [0, 0.1) is 5.92 Å². The Hall–Kier alpha value is -2.56. The van der Waals surface area contributed by atoms with E-state index < -0.39 is 10.0 Å². The number of fused-ring (bicyclic) bond motifs is 1. The Morgan fingerprint density at radius 2 is 1.91 bits per heavy atom. The van der Waals surface area contributed by atoms with Gasteiger partial charge in [0.05, 0.1) is 0 Å². The van der Waals surface area contributed by atoms with E-state index in [1.54, 1.807) is 11.4 Å². The number of piperidine rings is 1. The van der Waals surface area contributed by atoms with Gasteiger partial charge in [0.25, 0.3) is 10.0 Å². The van der Waals surface area contributed by atoms with Gasteiger partial charge >= 0.3 is 0 Å². The van der Waals surface area contributed by atoms with Crippen LogP contribution in [0.5, 0.6) is 0 Å². The van der Waals surface area contributed by atoms with Gasteiger partial charge in [0, 0.05) is 47.6 Å². The van der Waals surface area contributed by atoms with Crippen LogP contribution in [0.4, 0.5) is 5.69 Å². The Labute approximate surface area is 209 Å². The number of amides is 1. The van der Waals surface area contributed by atoms with E-state index in [9.17, 15) is 13.2 Å². The van der Waals surface area contributed by atoms with Gasteiger partial charge in [0.15, 0.2) is 0 Å². The van der Waals surface area contributed by atoms with Crippen LogP contribution in [0.15, 0.2) is 44.4 Å². The van der Waals surface area contributed by atoms with E-state index in [-0.39, 0.29) is 22.1 Å². The van der Waals surface area contributed by atoms with Crippen molar-refractivity contribution in [3.63, 3.8) is 0 Å². The number of hydrogen-bond acceptors (Lipinski definition) is 7. The molecule has 184 valence electrons. The first-order valence-electron chi connectivity index (χ1n) is 12.3.